The first-order chi connectivity index (χ1) is 13.0. The van der Waals surface area contributed by atoms with Crippen molar-refractivity contribution >= 4 is 19.7 Å². The van der Waals surface area contributed by atoms with E-state index in [1.165, 1.54) is 94.4 Å². The van der Waals surface area contributed by atoms with Gasteiger partial charge in [0.15, 0.2) is 8.32 Å². The van der Waals surface area contributed by atoms with Crippen molar-refractivity contribution in [2.45, 2.75) is 116 Å². The van der Waals surface area contributed by atoms with Crippen LogP contribution >= 0.6 is 11.3 Å². The van der Waals surface area contributed by atoms with Crippen molar-refractivity contribution in [2.24, 2.45) is 5.92 Å². The van der Waals surface area contributed by atoms with Crippen LogP contribution < -0.4 is 0 Å². The Morgan fingerprint density at radius 3 is 1.96 bits per heavy atom. The monoisotopic (exact) mass is 410 g/mol. The second-order valence-corrected chi connectivity index (χ2v) is 14.3. The van der Waals surface area contributed by atoms with Gasteiger partial charge < -0.3 is 4.43 Å². The molecule has 0 aromatic carbocycles. The van der Waals surface area contributed by atoms with Gasteiger partial charge in [-0.3, -0.25) is 0 Å². The summed E-state index contributed by atoms with van der Waals surface area (Å²) in [5, 5.41) is 2.19. The van der Waals surface area contributed by atoms with Crippen molar-refractivity contribution in [2.75, 3.05) is 6.61 Å². The van der Waals surface area contributed by atoms with Gasteiger partial charge in [-0.15, -0.1) is 11.3 Å². The summed E-state index contributed by atoms with van der Waals surface area (Å²) in [6.45, 7) is 10.5. The van der Waals surface area contributed by atoms with E-state index >= 15 is 0 Å². The molecule has 0 aliphatic heterocycles. The Balaban J connectivity index is 1.91. The molecule has 0 aliphatic carbocycles. The van der Waals surface area contributed by atoms with E-state index in [0.717, 1.165) is 12.5 Å². The maximum Gasteiger partial charge on any atom is 0.186 e. The fourth-order valence-electron chi connectivity index (χ4n) is 4.03. The molecular formula is C24H46OSSi. The SMILES string of the molecule is CCCCCCCCCCCCCCO[Si](C)(C)CC(C)Cc1cccs1. The van der Waals surface area contributed by atoms with Crippen LogP contribution in [0.5, 0.6) is 0 Å². The Kier molecular flexibility index (Phi) is 14.5. The van der Waals surface area contributed by atoms with Crippen LogP contribution in [0.3, 0.4) is 0 Å². The number of hydrogen-bond donors (Lipinski definition) is 0. The molecule has 158 valence electrons. The van der Waals surface area contributed by atoms with Gasteiger partial charge in [0.05, 0.1) is 0 Å². The standard InChI is InChI=1S/C24H46OSSi/c1-5-6-7-8-9-10-11-12-13-14-15-16-19-25-27(3,4)22-23(2)21-24-18-17-20-26-24/h17-18,20,23H,5-16,19,21-22H2,1-4H3. The van der Waals surface area contributed by atoms with Gasteiger partial charge in [0.1, 0.15) is 0 Å². The lowest BCUT2D eigenvalue weighted by Gasteiger charge is -2.26. The predicted molar refractivity (Wildman–Crippen MR) is 127 cm³/mol. The van der Waals surface area contributed by atoms with Crippen LogP contribution in [0.2, 0.25) is 19.1 Å². The molecule has 0 bridgehead atoms. The molecule has 1 rings (SSSR count). The molecule has 1 nitrogen and oxygen atoms in total. The zero-order chi connectivity index (χ0) is 19.8. The van der Waals surface area contributed by atoms with Crippen LogP contribution in [0.15, 0.2) is 17.5 Å². The van der Waals surface area contributed by atoms with Crippen LogP contribution in [0.1, 0.15) is 95.8 Å². The molecule has 1 unspecified atom stereocenters. The fraction of sp³-hybridized carbons (Fsp3) is 0.833. The van der Waals surface area contributed by atoms with E-state index in [-0.39, 0.29) is 0 Å². The van der Waals surface area contributed by atoms with Gasteiger partial charge in [-0.05, 0) is 49.3 Å². The lowest BCUT2D eigenvalue weighted by atomic mass is 10.1. The quantitative estimate of drug-likeness (QED) is 0.173. The van der Waals surface area contributed by atoms with Crippen LogP contribution in [-0.2, 0) is 10.8 Å². The normalized spacial score (nSPS) is 13.2. The molecule has 0 fully saturated rings. The van der Waals surface area contributed by atoms with E-state index in [1.54, 1.807) is 0 Å². The molecule has 0 aliphatic rings. The summed E-state index contributed by atoms with van der Waals surface area (Å²) >= 11 is 1.89. The number of thiophene rings is 1. The number of rotatable bonds is 18. The van der Waals surface area contributed by atoms with E-state index in [4.69, 9.17) is 4.43 Å². The second-order valence-electron chi connectivity index (χ2n) is 9.09. The van der Waals surface area contributed by atoms with Gasteiger partial charge in [-0.25, -0.2) is 0 Å². The van der Waals surface area contributed by atoms with E-state index in [1.807, 2.05) is 11.3 Å². The van der Waals surface area contributed by atoms with Crippen LogP contribution in [-0.4, -0.2) is 14.9 Å². The van der Waals surface area contributed by atoms with Gasteiger partial charge >= 0.3 is 0 Å². The number of hydrogen-bond acceptors (Lipinski definition) is 2. The highest BCUT2D eigenvalue weighted by Gasteiger charge is 2.25. The van der Waals surface area contributed by atoms with Crippen LogP contribution in [0, 0.1) is 5.92 Å². The third-order valence-electron chi connectivity index (χ3n) is 5.46. The molecule has 0 amide bonds. The predicted octanol–water partition coefficient (Wildman–Crippen LogP) is 8.85. The smallest absolute Gasteiger partial charge is 0.186 e. The molecule has 0 radical (unpaired) electrons. The van der Waals surface area contributed by atoms with Crippen molar-refractivity contribution in [1.82, 2.24) is 0 Å². The van der Waals surface area contributed by atoms with Crippen LogP contribution in [0.4, 0.5) is 0 Å². The van der Waals surface area contributed by atoms with Gasteiger partial charge in [0.25, 0.3) is 0 Å². The lowest BCUT2D eigenvalue weighted by molar-refractivity contribution is 0.289. The summed E-state index contributed by atoms with van der Waals surface area (Å²) in [6, 6.07) is 5.71. The largest absolute Gasteiger partial charge is 0.417 e. The van der Waals surface area contributed by atoms with Crippen molar-refractivity contribution in [3.63, 3.8) is 0 Å². The molecule has 1 atom stereocenters. The van der Waals surface area contributed by atoms with E-state index in [9.17, 15) is 0 Å². The molecule has 0 saturated heterocycles. The summed E-state index contributed by atoms with van der Waals surface area (Å²) in [7, 11) is -1.50. The van der Waals surface area contributed by atoms with Gasteiger partial charge in [-0.2, -0.15) is 0 Å². The maximum atomic E-state index is 6.35. The third kappa shape index (κ3) is 14.5. The summed E-state index contributed by atoms with van der Waals surface area (Å²) in [6.07, 6.45) is 18.1. The van der Waals surface area contributed by atoms with Gasteiger partial charge in [0, 0.05) is 11.5 Å². The molecule has 3 heteroatoms. The molecular weight excluding hydrogens is 364 g/mol. The van der Waals surface area contributed by atoms with E-state index < -0.39 is 8.32 Å². The minimum atomic E-state index is -1.50. The summed E-state index contributed by atoms with van der Waals surface area (Å²) in [5.41, 5.74) is 0. The van der Waals surface area contributed by atoms with E-state index in [2.05, 4.69) is 44.5 Å². The molecule has 1 aromatic rings. The van der Waals surface area contributed by atoms with Crippen molar-refractivity contribution in [1.29, 1.82) is 0 Å². The van der Waals surface area contributed by atoms with Gasteiger partial charge in [0.2, 0.25) is 0 Å². The highest BCUT2D eigenvalue weighted by Crippen LogP contribution is 2.24. The molecule has 27 heavy (non-hydrogen) atoms. The van der Waals surface area contributed by atoms with E-state index in [0.29, 0.717) is 0 Å². The molecule has 0 spiro atoms. The van der Waals surface area contributed by atoms with Crippen molar-refractivity contribution in [3.05, 3.63) is 22.4 Å². The maximum absolute atomic E-state index is 6.35. The minimum absolute atomic E-state index is 0.743. The highest BCUT2D eigenvalue weighted by molar-refractivity contribution is 7.09. The lowest BCUT2D eigenvalue weighted by Crippen LogP contribution is -2.33. The zero-order valence-corrected chi connectivity index (χ0v) is 20.5. The Labute approximate surface area is 175 Å². The second kappa shape index (κ2) is 15.8. The highest BCUT2D eigenvalue weighted by atomic mass is 32.1. The van der Waals surface area contributed by atoms with Crippen LogP contribution in [0.25, 0.3) is 0 Å². The van der Waals surface area contributed by atoms with Crippen molar-refractivity contribution < 1.29 is 4.43 Å². The third-order valence-corrected chi connectivity index (χ3v) is 9.02. The zero-order valence-electron chi connectivity index (χ0n) is 18.7. The summed E-state index contributed by atoms with van der Waals surface area (Å²) < 4.78 is 6.35. The molecule has 0 saturated carbocycles. The Morgan fingerprint density at radius 1 is 0.889 bits per heavy atom. The molecule has 0 N–H and O–H groups in total. The first-order valence-corrected chi connectivity index (χ1v) is 15.7. The number of unbranched alkanes of at least 4 members (excludes halogenated alkanes) is 11. The minimum Gasteiger partial charge on any atom is -0.417 e. The van der Waals surface area contributed by atoms with Gasteiger partial charge in [-0.1, -0.05) is 90.5 Å². The fourth-order valence-corrected chi connectivity index (χ4v) is 7.54. The topological polar surface area (TPSA) is 9.23 Å². The summed E-state index contributed by atoms with van der Waals surface area (Å²) in [5.74, 6) is 0.743. The average molecular weight is 411 g/mol. The Morgan fingerprint density at radius 2 is 1.44 bits per heavy atom. The Hall–Kier alpha value is -0.123. The first kappa shape index (κ1) is 24.9. The van der Waals surface area contributed by atoms with Crippen molar-refractivity contribution in [3.8, 4) is 0 Å². The average Bonchev–Trinajstić information content (AvgIpc) is 3.11. The molecule has 1 heterocycles. The first-order valence-electron chi connectivity index (χ1n) is 11.7. The molecule has 1 aromatic heterocycles. The summed E-state index contributed by atoms with van der Waals surface area (Å²) in [4.78, 5) is 1.52. The Bertz CT molecular complexity index is 430.